The molecule has 2 N–H and O–H groups in total. The number of unbranched alkanes of at least 4 members (excludes halogenated alkanes) is 2. The summed E-state index contributed by atoms with van der Waals surface area (Å²) in [6, 6.07) is 8.70. The van der Waals surface area contributed by atoms with E-state index in [-0.39, 0.29) is 69.3 Å². The molecule has 0 aliphatic carbocycles. The second-order valence-electron chi connectivity index (χ2n) is 23.9. The fraction of sp³-hybridized carbons (Fsp3) is 0.644. The summed E-state index contributed by atoms with van der Waals surface area (Å²) in [4.78, 5) is 38.1. The van der Waals surface area contributed by atoms with E-state index in [1.54, 1.807) is 71.9 Å². The van der Waals surface area contributed by atoms with E-state index < -0.39 is 129 Å². The van der Waals surface area contributed by atoms with E-state index in [0.717, 1.165) is 11.8 Å². The number of nitrogens with one attached hydrogen (secondary N) is 2. The molecule has 0 aliphatic heterocycles. The van der Waals surface area contributed by atoms with Crippen LogP contribution in [0.5, 0.6) is 11.5 Å². The Morgan fingerprint density at radius 3 is 1.24 bits per heavy atom. The minimum Gasteiger partial charge on any atom is -0.748 e. The van der Waals surface area contributed by atoms with Crippen LogP contribution in [-0.2, 0) is 29.8 Å². The number of carbonyl (C=O) groups excluding carboxylic acids is 3. The van der Waals surface area contributed by atoms with E-state index in [1.165, 1.54) is 0 Å². The van der Waals surface area contributed by atoms with Gasteiger partial charge in [-0.3, -0.25) is 14.4 Å². The van der Waals surface area contributed by atoms with Crippen LogP contribution in [0.2, 0.25) is 0 Å². The molecule has 3 aromatic rings. The molecule has 0 aliphatic rings. The molecule has 0 saturated carbocycles. The molecule has 15 nitrogen and oxygen atoms in total. The van der Waals surface area contributed by atoms with Gasteiger partial charge in [-0.2, -0.15) is 30.2 Å². The second-order valence-corrected chi connectivity index (χ2v) is 28.5. The molecule has 0 spiro atoms. The lowest BCUT2D eigenvalue weighted by Gasteiger charge is -2.31. The number of carbonyl (C=O) groups is 3. The highest BCUT2D eigenvalue weighted by Gasteiger charge is 2.38. The molecule has 490 valence electrons. The van der Waals surface area contributed by atoms with Crippen molar-refractivity contribution in [1.29, 1.82) is 0 Å². The maximum absolute atomic E-state index is 15.3. The SMILES string of the molecule is CCC(CC(C)(C)C(=O)NCCC[N+](C)(C)CCCS(=O)(=O)[O-])c1c(F)c(F)c(OCCCCS)c(F)c1F.CCC(CC(C)(C)C(=O)NCCC[N+](C)(C)CCCS(=O)(=O)[O-])c1c(F)c(F)c(OCCCCSC(=O)c2ccccc2)c(F)c1F. The van der Waals surface area contributed by atoms with E-state index in [0.29, 0.717) is 97.3 Å². The third-order valence-electron chi connectivity index (χ3n) is 14.7. The zero-order valence-corrected chi connectivity index (χ0v) is 54.4. The Bertz CT molecular complexity index is 2850. The summed E-state index contributed by atoms with van der Waals surface area (Å²) in [6.45, 7) is 12.0. The molecule has 2 atom stereocenters. The molecule has 2 unspecified atom stereocenters. The summed E-state index contributed by atoms with van der Waals surface area (Å²) in [7, 11) is -1.02. The first-order valence-electron chi connectivity index (χ1n) is 28.7. The summed E-state index contributed by atoms with van der Waals surface area (Å²) in [5.74, 6) is -17.5. The van der Waals surface area contributed by atoms with Gasteiger partial charge in [0.1, 0.15) is 0 Å². The first-order valence-corrected chi connectivity index (χ1v) is 33.5. The van der Waals surface area contributed by atoms with Gasteiger partial charge in [-0.1, -0.05) is 83.6 Å². The summed E-state index contributed by atoms with van der Waals surface area (Å²) < 4.78 is 196. The van der Waals surface area contributed by atoms with Crippen molar-refractivity contribution in [2.75, 3.05) is 104 Å². The molecule has 3 rings (SSSR count). The topological polar surface area (TPSA) is 208 Å². The average Bonchev–Trinajstić information content (AvgIpc) is 0.913. The number of ether oxygens (including phenoxy) is 2. The molecule has 2 amide bonds. The van der Waals surface area contributed by atoms with E-state index in [2.05, 4.69) is 23.3 Å². The molecule has 0 heterocycles. The Balaban J connectivity index is 0.000000598. The van der Waals surface area contributed by atoms with Gasteiger partial charge in [0.15, 0.2) is 34.8 Å². The summed E-state index contributed by atoms with van der Waals surface area (Å²) in [5, 5.41) is 5.48. The van der Waals surface area contributed by atoms with Crippen molar-refractivity contribution in [1.82, 2.24) is 10.6 Å². The number of thiol groups is 1. The van der Waals surface area contributed by atoms with Gasteiger partial charge >= 0.3 is 0 Å². The summed E-state index contributed by atoms with van der Waals surface area (Å²) in [6.07, 6.45) is 3.43. The molecule has 0 aromatic heterocycles. The van der Waals surface area contributed by atoms with Crippen LogP contribution in [0.15, 0.2) is 30.3 Å². The predicted octanol–water partition coefficient (Wildman–Crippen LogP) is 11.2. The second kappa shape index (κ2) is 35.8. The number of thioether (sulfide) groups is 1. The minimum atomic E-state index is -4.28. The van der Waals surface area contributed by atoms with E-state index >= 15 is 17.6 Å². The highest BCUT2D eigenvalue weighted by Crippen LogP contribution is 2.42. The number of amides is 2. The van der Waals surface area contributed by atoms with Crippen LogP contribution in [0.1, 0.15) is 152 Å². The van der Waals surface area contributed by atoms with Gasteiger partial charge in [-0.05, 0) is 69.0 Å². The molecule has 0 fully saturated rings. The van der Waals surface area contributed by atoms with E-state index in [1.807, 2.05) is 28.2 Å². The Labute approximate surface area is 513 Å². The van der Waals surface area contributed by atoms with Crippen molar-refractivity contribution in [3.05, 3.63) is 93.6 Å². The first kappa shape index (κ1) is 77.8. The highest BCUT2D eigenvalue weighted by molar-refractivity contribution is 8.14. The molecule has 0 radical (unpaired) electrons. The van der Waals surface area contributed by atoms with E-state index in [9.17, 15) is 57.9 Å². The number of benzene rings is 3. The van der Waals surface area contributed by atoms with Gasteiger partial charge in [0, 0.05) is 83.6 Å². The van der Waals surface area contributed by atoms with Crippen LogP contribution in [0.25, 0.3) is 0 Å². The zero-order valence-electron chi connectivity index (χ0n) is 51.1. The van der Waals surface area contributed by atoms with Crippen molar-refractivity contribution >= 4 is 61.6 Å². The number of nitrogens with zero attached hydrogens (tertiary/aromatic N) is 2. The van der Waals surface area contributed by atoms with Gasteiger partial charge in [0.25, 0.3) is 0 Å². The van der Waals surface area contributed by atoms with Crippen LogP contribution >= 0.6 is 24.4 Å². The number of hydrogen-bond acceptors (Lipinski definition) is 13. The minimum absolute atomic E-state index is 0.0601. The normalized spacial score (nSPS) is 13.2. The van der Waals surface area contributed by atoms with E-state index in [4.69, 9.17) is 9.47 Å². The summed E-state index contributed by atoms with van der Waals surface area (Å²) in [5.41, 5.74) is -3.21. The largest absolute Gasteiger partial charge is 0.748 e. The Morgan fingerprint density at radius 1 is 0.558 bits per heavy atom. The maximum atomic E-state index is 15.3. The number of hydrogen-bond donors (Lipinski definition) is 3. The molecule has 3 aromatic carbocycles. The highest BCUT2D eigenvalue weighted by atomic mass is 32.2. The van der Waals surface area contributed by atoms with Gasteiger partial charge < -0.3 is 38.2 Å². The maximum Gasteiger partial charge on any atom is 0.225 e. The first-order chi connectivity index (χ1) is 39.9. The Morgan fingerprint density at radius 2 is 0.907 bits per heavy atom. The van der Waals surface area contributed by atoms with Crippen LogP contribution in [0.4, 0.5) is 35.1 Å². The summed E-state index contributed by atoms with van der Waals surface area (Å²) >= 11 is 5.12. The van der Waals surface area contributed by atoms with Crippen LogP contribution in [0, 0.1) is 57.4 Å². The molecular weight excluding hydrogens is 1220 g/mol. The molecule has 0 bridgehead atoms. The van der Waals surface area contributed by atoms with Crippen molar-refractivity contribution < 1.29 is 93.9 Å². The number of quaternary nitrogens is 2. The van der Waals surface area contributed by atoms with Crippen molar-refractivity contribution in [3.63, 3.8) is 0 Å². The zero-order chi connectivity index (χ0) is 65.4. The number of halogens is 8. The number of rotatable bonds is 38. The van der Waals surface area contributed by atoms with Crippen LogP contribution < -0.4 is 20.1 Å². The van der Waals surface area contributed by atoms with Crippen molar-refractivity contribution in [3.8, 4) is 11.5 Å². The lowest BCUT2D eigenvalue weighted by atomic mass is 9.77. The fourth-order valence-electron chi connectivity index (χ4n) is 9.59. The predicted molar refractivity (Wildman–Crippen MR) is 319 cm³/mol. The quantitative estimate of drug-likeness (QED) is 0.0122. The van der Waals surface area contributed by atoms with Gasteiger partial charge in [0.05, 0.1) is 87.8 Å². The molecule has 27 heteroatoms. The Kier molecular flexibility index (Phi) is 32.4. The lowest BCUT2D eigenvalue weighted by molar-refractivity contribution is -0.890. The smallest absolute Gasteiger partial charge is 0.225 e. The van der Waals surface area contributed by atoms with Crippen LogP contribution in [0.3, 0.4) is 0 Å². The molecule has 0 saturated heterocycles. The van der Waals surface area contributed by atoms with Gasteiger partial charge in [-0.15, -0.1) is 0 Å². The molecular formula is C59H88F8N4O11S4. The third kappa shape index (κ3) is 26.4. The van der Waals surface area contributed by atoms with Crippen LogP contribution in [-0.4, -0.2) is 156 Å². The third-order valence-corrected chi connectivity index (χ3v) is 17.5. The van der Waals surface area contributed by atoms with Gasteiger partial charge in [-0.25, -0.2) is 34.4 Å². The van der Waals surface area contributed by atoms with Gasteiger partial charge in [0.2, 0.25) is 40.2 Å². The Hall–Kier alpha value is -4.25. The molecule has 86 heavy (non-hydrogen) atoms. The van der Waals surface area contributed by atoms with Crippen molar-refractivity contribution in [2.24, 2.45) is 10.8 Å². The monoisotopic (exact) mass is 1310 g/mol. The lowest BCUT2D eigenvalue weighted by Crippen LogP contribution is -2.44. The average molecular weight is 1310 g/mol. The van der Waals surface area contributed by atoms with Crippen molar-refractivity contribution in [2.45, 2.75) is 130 Å². The standard InChI is InChI=1S/C33H46F4N2O6S2.C26H42F4N2O5S2/c1-6-23(22-33(2,3)32(41)38-16-12-17-39(4,5)18-13-21-47(42,43)44)25-26(34)28(36)30(29(37)27(25)35)45-19-10-11-20-46-31(40)24-14-8-7-9-15-24;1-6-18(19-20(27)22(29)24(23(30)21(19)28)37-14-7-8-15-38)17-26(2,3)25(33)31-11-9-12-32(4,5)13-10-16-39(34,35)36/h7-9,14-15,23H,6,10-13,16-22H2,1-5H3,(H-,38,41,42,43,44);18H,6-17H2,1-5H3,(H2-,31,33,34,35,36,38). The fourth-order valence-corrected chi connectivity index (χ4v) is 11.6.